The summed E-state index contributed by atoms with van der Waals surface area (Å²) in [6.45, 7) is 2.14. The molecule has 5 heteroatoms. The van der Waals surface area contributed by atoms with E-state index in [0.29, 0.717) is 17.7 Å². The average Bonchev–Trinajstić information content (AvgIpc) is 2.64. The summed E-state index contributed by atoms with van der Waals surface area (Å²) in [5.74, 6) is 1.01. The molecule has 0 spiro atoms. The fourth-order valence-corrected chi connectivity index (χ4v) is 4.43. The van der Waals surface area contributed by atoms with E-state index in [2.05, 4.69) is 19.1 Å². The van der Waals surface area contributed by atoms with Crippen LogP contribution in [0, 0.1) is 6.92 Å². The minimum atomic E-state index is -0.556. The molecule has 2 aliphatic rings. The first-order chi connectivity index (χ1) is 13.2. The van der Waals surface area contributed by atoms with Gasteiger partial charge in [-0.25, -0.2) is 0 Å². The van der Waals surface area contributed by atoms with Crippen LogP contribution in [-0.4, -0.2) is 17.4 Å². The molecule has 3 rings (SSSR count). The molecule has 0 aliphatic heterocycles. The fourth-order valence-electron chi connectivity index (χ4n) is 4.43. The van der Waals surface area contributed by atoms with E-state index in [1.165, 1.54) is 88.2 Å². The van der Waals surface area contributed by atoms with E-state index in [1.54, 1.807) is 0 Å². The van der Waals surface area contributed by atoms with E-state index in [-0.39, 0.29) is 0 Å². The van der Waals surface area contributed by atoms with Crippen LogP contribution in [-0.2, 0) is 17.0 Å². The number of hydrogen-bond acceptors (Lipinski definition) is 2. The van der Waals surface area contributed by atoms with Gasteiger partial charge in [0, 0.05) is 17.8 Å². The van der Waals surface area contributed by atoms with Crippen molar-refractivity contribution in [3.63, 3.8) is 0 Å². The van der Waals surface area contributed by atoms with Crippen molar-refractivity contribution in [2.24, 2.45) is 4.99 Å². The van der Waals surface area contributed by atoms with Crippen molar-refractivity contribution in [3.05, 3.63) is 28.8 Å². The van der Waals surface area contributed by atoms with E-state index < -0.39 is 17.0 Å². The molecule has 0 heterocycles. The van der Waals surface area contributed by atoms with E-state index in [1.807, 2.05) is 6.21 Å². The Hall–Kier alpha value is -0.0157. The number of hydrogen-bond donors (Lipinski definition) is 1. The molecule has 0 radical (unpaired) electrons. The average molecular weight is 446 g/mol. The first-order valence-corrected chi connectivity index (χ1v) is 14.8. The Morgan fingerprint density at radius 3 is 2.07 bits per heavy atom. The zero-order chi connectivity index (χ0) is 19.5. The number of rotatable bonds is 3. The van der Waals surface area contributed by atoms with E-state index >= 15 is 0 Å². The maximum absolute atomic E-state index is 10.9. The Balaban J connectivity index is 0.000000817. The Morgan fingerprint density at radius 1 is 0.926 bits per heavy atom. The van der Waals surface area contributed by atoms with Crippen LogP contribution in [0.15, 0.2) is 17.1 Å². The van der Waals surface area contributed by atoms with Crippen molar-refractivity contribution in [2.45, 2.75) is 95.9 Å². The van der Waals surface area contributed by atoms with E-state index in [4.69, 9.17) is 23.6 Å². The second-order valence-corrected chi connectivity index (χ2v) is 10.6. The molecule has 2 aliphatic carbocycles. The van der Waals surface area contributed by atoms with Gasteiger partial charge in [-0.05, 0) is 55.7 Å². The van der Waals surface area contributed by atoms with Crippen molar-refractivity contribution in [2.75, 3.05) is 0 Å². The van der Waals surface area contributed by atoms with Crippen LogP contribution in [0.25, 0.3) is 0 Å². The van der Waals surface area contributed by atoms with Gasteiger partial charge in [-0.3, -0.25) is 4.99 Å². The standard InChI is InChI=1S/C22H33NO.2ClH.Ti/c1-17-14-19(16-23-20-12-8-5-9-13-20)22(24)21(15-17)18-10-6-3-2-4-7-11-18;;;/h14-16,18,20,24H,2-13H2,1H3;2*1H;/q;;;+2/p-2. The first-order valence-electron chi connectivity index (χ1n) is 10.5. The first kappa shape index (κ1) is 23.3. The SMILES string of the molecule is Cc1cc(C=NC2CCCCC2)c(O)c(C2CCCCCCC2)c1.[Cl][Ti][Cl]. The maximum atomic E-state index is 10.9. The third-order valence-corrected chi connectivity index (χ3v) is 5.86. The summed E-state index contributed by atoms with van der Waals surface area (Å²) in [7, 11) is 9.78. The number of nitrogens with zero attached hydrogens (tertiary/aromatic N) is 1. The number of halogens is 2. The second kappa shape index (κ2) is 13.3. The summed E-state index contributed by atoms with van der Waals surface area (Å²) in [6, 6.07) is 4.76. The van der Waals surface area contributed by atoms with Gasteiger partial charge in [-0.1, -0.05) is 57.4 Å². The number of aliphatic imine (C=N–C) groups is 1. The molecule has 150 valence electrons. The van der Waals surface area contributed by atoms with Crippen molar-refractivity contribution in [3.8, 4) is 5.75 Å². The van der Waals surface area contributed by atoms with Gasteiger partial charge in [0.1, 0.15) is 5.75 Å². The molecule has 1 aromatic carbocycles. The normalized spacial score (nSPS) is 19.8. The molecule has 2 nitrogen and oxygen atoms in total. The molecular formula is C22H33Cl2NOTi. The molecule has 0 bridgehead atoms. The van der Waals surface area contributed by atoms with Crippen LogP contribution < -0.4 is 0 Å². The molecule has 27 heavy (non-hydrogen) atoms. The second-order valence-electron chi connectivity index (χ2n) is 7.98. The minimum absolute atomic E-state index is 0.462. The summed E-state index contributed by atoms with van der Waals surface area (Å²) in [5, 5.41) is 10.9. The van der Waals surface area contributed by atoms with E-state index in [0.717, 1.165) is 5.56 Å². The van der Waals surface area contributed by atoms with Crippen LogP contribution in [0.5, 0.6) is 5.75 Å². The summed E-state index contributed by atoms with van der Waals surface area (Å²) < 4.78 is 0. The summed E-state index contributed by atoms with van der Waals surface area (Å²) in [4.78, 5) is 4.79. The molecule has 0 unspecified atom stereocenters. The Kier molecular flexibility index (Phi) is 11.4. The van der Waals surface area contributed by atoms with Gasteiger partial charge in [-0.15, -0.1) is 0 Å². The van der Waals surface area contributed by atoms with Gasteiger partial charge in [0.25, 0.3) is 0 Å². The Morgan fingerprint density at radius 2 is 1.44 bits per heavy atom. The van der Waals surface area contributed by atoms with Gasteiger partial charge in [0.2, 0.25) is 0 Å². The predicted octanol–water partition coefficient (Wildman–Crippen LogP) is 7.66. The predicted molar refractivity (Wildman–Crippen MR) is 114 cm³/mol. The number of phenolic OH excluding ortho intramolecular Hbond substituents is 1. The third kappa shape index (κ3) is 8.09. The Labute approximate surface area is 181 Å². The molecule has 0 atom stereocenters. The van der Waals surface area contributed by atoms with Crippen LogP contribution in [0.4, 0.5) is 0 Å². The summed E-state index contributed by atoms with van der Waals surface area (Å²) in [6.07, 6.45) is 17.4. The molecule has 1 aromatic rings. The fraction of sp³-hybridized carbons (Fsp3) is 0.682. The van der Waals surface area contributed by atoms with Crippen LogP contribution >= 0.6 is 18.6 Å². The quantitative estimate of drug-likeness (QED) is 0.375. The molecule has 2 fully saturated rings. The van der Waals surface area contributed by atoms with Gasteiger partial charge in [0.05, 0.1) is 0 Å². The van der Waals surface area contributed by atoms with Crippen LogP contribution in [0.2, 0.25) is 0 Å². The third-order valence-electron chi connectivity index (χ3n) is 5.86. The van der Waals surface area contributed by atoms with E-state index in [9.17, 15) is 5.11 Å². The van der Waals surface area contributed by atoms with Gasteiger partial charge < -0.3 is 5.11 Å². The van der Waals surface area contributed by atoms with Crippen molar-refractivity contribution in [1.82, 2.24) is 0 Å². The van der Waals surface area contributed by atoms with Crippen LogP contribution in [0.3, 0.4) is 0 Å². The Bertz CT molecular complexity index is 580. The van der Waals surface area contributed by atoms with Crippen molar-refractivity contribution in [1.29, 1.82) is 0 Å². The number of aryl methyl sites for hydroxylation is 1. The summed E-state index contributed by atoms with van der Waals surface area (Å²) in [5.41, 5.74) is 3.34. The van der Waals surface area contributed by atoms with Gasteiger partial charge >= 0.3 is 35.6 Å². The molecule has 0 saturated heterocycles. The van der Waals surface area contributed by atoms with Gasteiger partial charge in [0.15, 0.2) is 0 Å². The molecular weight excluding hydrogens is 413 g/mol. The molecule has 0 amide bonds. The van der Waals surface area contributed by atoms with Gasteiger partial charge in [-0.2, -0.15) is 0 Å². The topological polar surface area (TPSA) is 32.6 Å². The molecule has 1 N–H and O–H groups in total. The molecule has 0 aromatic heterocycles. The zero-order valence-corrected chi connectivity index (χ0v) is 19.6. The number of aromatic hydroxyl groups is 1. The monoisotopic (exact) mass is 445 g/mol. The zero-order valence-electron chi connectivity index (χ0n) is 16.5. The summed E-state index contributed by atoms with van der Waals surface area (Å²) >= 11 is -0.556. The van der Waals surface area contributed by atoms with Crippen molar-refractivity contribution >= 4 is 24.8 Å². The van der Waals surface area contributed by atoms with Crippen molar-refractivity contribution < 1.29 is 22.1 Å². The molecule has 2 saturated carbocycles. The number of benzene rings is 1. The van der Waals surface area contributed by atoms with Crippen LogP contribution in [0.1, 0.15) is 99.7 Å². The number of phenols is 1.